The number of benzene rings is 2. The van der Waals surface area contributed by atoms with Crippen LogP contribution in [0.5, 0.6) is 0 Å². The van der Waals surface area contributed by atoms with Crippen LogP contribution in [0.4, 0.5) is 35.0 Å². The van der Waals surface area contributed by atoms with Crippen LogP contribution in [0.1, 0.15) is 15.9 Å². The van der Waals surface area contributed by atoms with Crippen LogP contribution in [-0.4, -0.2) is 55.3 Å². The molecule has 0 atom stereocenters. The van der Waals surface area contributed by atoms with Gasteiger partial charge in [-0.15, -0.1) is 0 Å². The molecule has 12 heteroatoms. The first-order valence-corrected chi connectivity index (χ1v) is 12.4. The smallest absolute Gasteiger partial charge is 0.378 e. The lowest BCUT2D eigenvalue weighted by Gasteiger charge is -2.31. The lowest BCUT2D eigenvalue weighted by atomic mass is 10.1. The summed E-state index contributed by atoms with van der Waals surface area (Å²) < 4.78 is 46.7. The molecule has 4 aromatic rings. The number of alkyl halides is 3. The van der Waals surface area contributed by atoms with E-state index in [9.17, 15) is 22.8 Å². The van der Waals surface area contributed by atoms with Crippen molar-refractivity contribution in [1.29, 1.82) is 0 Å². The fourth-order valence-corrected chi connectivity index (χ4v) is 4.46. The Balaban J connectivity index is 1.32. The average molecular weight is 551 g/mol. The number of morpholine rings is 1. The van der Waals surface area contributed by atoms with Crippen LogP contribution in [-0.2, 0) is 10.9 Å². The SMILES string of the molecule is CNC(=O)c1cc(-c2ccc(NC(=O)Nc3ccc(N4CCOCC4)c(C(F)(F)F)c3)cc2)nc2cccnc12. The second kappa shape index (κ2) is 11.2. The van der Waals surface area contributed by atoms with Crippen LogP contribution in [0.3, 0.4) is 0 Å². The number of carbonyl (C=O) groups excluding carboxylic acids is 2. The van der Waals surface area contributed by atoms with Gasteiger partial charge in [0.25, 0.3) is 5.91 Å². The third kappa shape index (κ3) is 5.81. The molecule has 2 aromatic heterocycles. The molecule has 0 saturated carbocycles. The van der Waals surface area contributed by atoms with Gasteiger partial charge in [-0.25, -0.2) is 9.78 Å². The normalized spacial score (nSPS) is 13.7. The van der Waals surface area contributed by atoms with Gasteiger partial charge < -0.3 is 25.6 Å². The summed E-state index contributed by atoms with van der Waals surface area (Å²) in [5, 5.41) is 7.69. The van der Waals surface area contributed by atoms with Crippen molar-refractivity contribution in [3.63, 3.8) is 0 Å². The summed E-state index contributed by atoms with van der Waals surface area (Å²) in [6.45, 7) is 1.40. The van der Waals surface area contributed by atoms with Gasteiger partial charge in [-0.05, 0) is 48.5 Å². The van der Waals surface area contributed by atoms with Crippen molar-refractivity contribution in [1.82, 2.24) is 15.3 Å². The van der Waals surface area contributed by atoms with Crippen molar-refractivity contribution in [2.24, 2.45) is 0 Å². The van der Waals surface area contributed by atoms with Gasteiger partial charge in [0.15, 0.2) is 0 Å². The molecule has 1 saturated heterocycles. The molecule has 0 radical (unpaired) electrons. The molecule has 0 bridgehead atoms. The second-order valence-corrected chi connectivity index (χ2v) is 8.99. The molecule has 0 aliphatic carbocycles. The molecule has 5 rings (SSSR count). The van der Waals surface area contributed by atoms with E-state index in [1.54, 1.807) is 53.6 Å². The molecule has 3 heterocycles. The van der Waals surface area contributed by atoms with Crippen molar-refractivity contribution in [3.05, 3.63) is 78.0 Å². The summed E-state index contributed by atoms with van der Waals surface area (Å²) in [6.07, 6.45) is -3.01. The van der Waals surface area contributed by atoms with Gasteiger partial charge in [-0.2, -0.15) is 13.2 Å². The van der Waals surface area contributed by atoms with E-state index in [-0.39, 0.29) is 17.3 Å². The van der Waals surface area contributed by atoms with Gasteiger partial charge in [0.2, 0.25) is 0 Å². The van der Waals surface area contributed by atoms with E-state index in [1.165, 1.54) is 19.2 Å². The van der Waals surface area contributed by atoms with Crippen LogP contribution in [0.2, 0.25) is 0 Å². The third-order valence-electron chi connectivity index (χ3n) is 6.39. The monoisotopic (exact) mass is 550 g/mol. The van der Waals surface area contributed by atoms with Crippen LogP contribution < -0.4 is 20.9 Å². The summed E-state index contributed by atoms with van der Waals surface area (Å²) in [7, 11) is 1.53. The lowest BCUT2D eigenvalue weighted by Crippen LogP contribution is -2.37. The minimum absolute atomic E-state index is 0.00848. The Hall–Kier alpha value is -4.71. The number of rotatable bonds is 5. The molecule has 206 valence electrons. The van der Waals surface area contributed by atoms with E-state index < -0.39 is 17.8 Å². The molecule has 40 heavy (non-hydrogen) atoms. The van der Waals surface area contributed by atoms with Crippen molar-refractivity contribution in [2.45, 2.75) is 6.18 Å². The van der Waals surface area contributed by atoms with Crippen molar-refractivity contribution in [2.75, 3.05) is 48.9 Å². The van der Waals surface area contributed by atoms with E-state index in [0.717, 1.165) is 6.07 Å². The fourth-order valence-electron chi connectivity index (χ4n) is 4.46. The maximum Gasteiger partial charge on any atom is 0.418 e. The van der Waals surface area contributed by atoms with Gasteiger partial charge in [-0.3, -0.25) is 9.78 Å². The summed E-state index contributed by atoms with van der Waals surface area (Å²) in [4.78, 5) is 35.5. The number of halogens is 3. The Morgan fingerprint density at radius 2 is 1.65 bits per heavy atom. The number of amides is 3. The van der Waals surface area contributed by atoms with Gasteiger partial charge in [0, 0.05) is 49.0 Å². The van der Waals surface area contributed by atoms with Gasteiger partial charge in [0.05, 0.1) is 35.6 Å². The topological polar surface area (TPSA) is 108 Å². The number of fused-ring (bicyclic) bond motifs is 1. The quantitative estimate of drug-likeness (QED) is 0.317. The second-order valence-electron chi connectivity index (χ2n) is 8.99. The highest BCUT2D eigenvalue weighted by atomic mass is 19.4. The Morgan fingerprint density at radius 3 is 2.35 bits per heavy atom. The van der Waals surface area contributed by atoms with Crippen molar-refractivity contribution >= 4 is 40.0 Å². The zero-order chi connectivity index (χ0) is 28.3. The number of urea groups is 1. The Bertz CT molecular complexity index is 1550. The van der Waals surface area contributed by atoms with Crippen LogP contribution in [0.25, 0.3) is 22.3 Å². The highest BCUT2D eigenvalue weighted by molar-refractivity contribution is 6.05. The lowest BCUT2D eigenvalue weighted by molar-refractivity contribution is -0.137. The number of anilines is 3. The minimum atomic E-state index is -4.60. The van der Waals surface area contributed by atoms with Gasteiger partial charge in [-0.1, -0.05) is 12.1 Å². The fraction of sp³-hybridized carbons (Fsp3) is 0.214. The molecule has 3 amide bonds. The minimum Gasteiger partial charge on any atom is -0.378 e. The van der Waals surface area contributed by atoms with Crippen LogP contribution in [0, 0.1) is 0 Å². The van der Waals surface area contributed by atoms with E-state index in [1.807, 2.05) is 0 Å². The molecule has 1 fully saturated rings. The molecule has 0 spiro atoms. The highest BCUT2D eigenvalue weighted by Crippen LogP contribution is 2.38. The third-order valence-corrected chi connectivity index (χ3v) is 6.39. The first kappa shape index (κ1) is 26.9. The standard InChI is InChI=1S/C28H25F3N6O3/c1-32-26(38)20-16-23(36-22-3-2-10-33-25(20)22)17-4-6-18(7-5-17)34-27(39)35-19-8-9-24(21(15-19)28(29,30)31)37-11-13-40-14-12-37/h2-10,15-16H,11-14H2,1H3,(H,32,38)(H2,34,35,39). The number of hydrogen-bond acceptors (Lipinski definition) is 6. The number of hydrogen-bond donors (Lipinski definition) is 3. The summed E-state index contributed by atoms with van der Waals surface area (Å²) >= 11 is 0. The first-order chi connectivity index (χ1) is 19.2. The zero-order valence-electron chi connectivity index (χ0n) is 21.4. The molecule has 2 aromatic carbocycles. The number of nitrogens with zero attached hydrogens (tertiary/aromatic N) is 3. The van der Waals surface area contributed by atoms with E-state index >= 15 is 0 Å². The molecular weight excluding hydrogens is 525 g/mol. The van der Waals surface area contributed by atoms with Gasteiger partial charge >= 0.3 is 12.2 Å². The number of ether oxygens (including phenoxy) is 1. The number of nitrogens with one attached hydrogen (secondary N) is 3. The highest BCUT2D eigenvalue weighted by Gasteiger charge is 2.35. The molecule has 1 aliphatic rings. The largest absolute Gasteiger partial charge is 0.418 e. The van der Waals surface area contributed by atoms with Crippen molar-refractivity contribution in [3.8, 4) is 11.3 Å². The Kier molecular flexibility index (Phi) is 7.52. The number of carbonyl (C=O) groups is 2. The van der Waals surface area contributed by atoms with Gasteiger partial charge in [0.1, 0.15) is 5.52 Å². The maximum absolute atomic E-state index is 13.8. The molecular formula is C28H25F3N6O3. The maximum atomic E-state index is 13.8. The van der Waals surface area contributed by atoms with E-state index in [0.29, 0.717) is 59.8 Å². The van der Waals surface area contributed by atoms with Crippen LogP contribution in [0.15, 0.2) is 66.9 Å². The molecule has 1 aliphatic heterocycles. The van der Waals surface area contributed by atoms with Crippen molar-refractivity contribution < 1.29 is 27.5 Å². The molecule has 0 unspecified atom stereocenters. The number of pyridine rings is 2. The summed E-state index contributed by atoms with van der Waals surface area (Å²) in [5.74, 6) is -0.297. The summed E-state index contributed by atoms with van der Waals surface area (Å²) in [6, 6.07) is 14.8. The molecule has 9 nitrogen and oxygen atoms in total. The average Bonchev–Trinajstić information content (AvgIpc) is 2.96. The predicted octanol–water partition coefficient (Wildman–Crippen LogP) is 5.16. The van der Waals surface area contributed by atoms with E-state index in [2.05, 4.69) is 25.9 Å². The Labute approximate surface area is 227 Å². The van der Waals surface area contributed by atoms with Crippen LogP contribution >= 0.6 is 0 Å². The summed E-state index contributed by atoms with van der Waals surface area (Å²) in [5.41, 5.74) is 2.28. The Morgan fingerprint density at radius 1 is 0.950 bits per heavy atom. The zero-order valence-corrected chi connectivity index (χ0v) is 21.4. The predicted molar refractivity (Wildman–Crippen MR) is 145 cm³/mol. The first-order valence-electron chi connectivity index (χ1n) is 12.4. The van der Waals surface area contributed by atoms with E-state index in [4.69, 9.17) is 4.74 Å². The number of aromatic nitrogens is 2. The molecule has 3 N–H and O–H groups in total.